The van der Waals surface area contributed by atoms with Crippen LogP contribution in [0.5, 0.6) is 0 Å². The number of hydrogen-bond donors (Lipinski definition) is 2. The van der Waals surface area contributed by atoms with Gasteiger partial charge in [0, 0.05) is 0 Å². The van der Waals surface area contributed by atoms with E-state index in [1.165, 1.54) is 0 Å². The van der Waals surface area contributed by atoms with Gasteiger partial charge in [-0.15, -0.1) is 0 Å². The number of nitrogens with zero attached hydrogens (tertiary/aromatic N) is 2. The van der Waals surface area contributed by atoms with Crippen molar-refractivity contribution in [3.05, 3.63) is 0 Å². The van der Waals surface area contributed by atoms with E-state index in [1.54, 1.807) is 0 Å². The van der Waals surface area contributed by atoms with Crippen molar-refractivity contribution >= 4 is 0 Å². The maximum Gasteiger partial charge on any atom is 0.0590 e. The van der Waals surface area contributed by atoms with Crippen LogP contribution in [-0.2, 0) is 0 Å². The maximum atomic E-state index is 8.23. The van der Waals surface area contributed by atoms with E-state index < -0.39 is 0 Å². The van der Waals surface area contributed by atoms with E-state index in [1.807, 2.05) is 0 Å². The van der Waals surface area contributed by atoms with Gasteiger partial charge in [-0.25, -0.2) is 0 Å². The monoisotopic (exact) mass is 90.0 g/mol. The summed E-state index contributed by atoms with van der Waals surface area (Å²) in [4.78, 5) is 0. The first kappa shape index (κ1) is 4.01. The van der Waals surface area contributed by atoms with Gasteiger partial charge in [-0.05, 0) is 0 Å². The normalized spacial score (nSPS) is 27.0. The second-order valence-electron chi connectivity index (χ2n) is 1.19. The second kappa shape index (κ2) is 1.16. The molecule has 4 nitrogen and oxygen atoms in total. The molecule has 6 heavy (non-hydrogen) atoms. The Hall–Kier alpha value is -0.160. The molecule has 4 heteroatoms. The van der Waals surface area contributed by atoms with Crippen LogP contribution < -0.4 is 0 Å². The smallest absolute Gasteiger partial charge is 0.0590 e. The van der Waals surface area contributed by atoms with Crippen molar-refractivity contribution in [2.75, 3.05) is 13.1 Å². The van der Waals surface area contributed by atoms with Gasteiger partial charge in [0.15, 0.2) is 0 Å². The van der Waals surface area contributed by atoms with Gasteiger partial charge in [0.25, 0.3) is 0 Å². The first-order chi connectivity index (χ1) is 2.80. The van der Waals surface area contributed by atoms with Crippen molar-refractivity contribution in [1.29, 1.82) is 0 Å². The van der Waals surface area contributed by atoms with Crippen LogP contribution in [0.2, 0.25) is 0 Å². The molecule has 0 radical (unpaired) electrons. The Morgan fingerprint density at radius 3 is 1.33 bits per heavy atom. The van der Waals surface area contributed by atoms with Crippen molar-refractivity contribution in [3.63, 3.8) is 0 Å². The summed E-state index contributed by atoms with van der Waals surface area (Å²) in [5.41, 5.74) is 0. The summed E-state index contributed by atoms with van der Waals surface area (Å²) in [6.45, 7) is 1.08. The molecule has 1 saturated heterocycles. The minimum Gasteiger partial charge on any atom is -0.297 e. The van der Waals surface area contributed by atoms with Gasteiger partial charge in [0.1, 0.15) is 0 Å². The van der Waals surface area contributed by atoms with Gasteiger partial charge >= 0.3 is 0 Å². The fourth-order valence-corrected chi connectivity index (χ4v) is 0.279. The van der Waals surface area contributed by atoms with E-state index in [0.717, 1.165) is 10.3 Å². The summed E-state index contributed by atoms with van der Waals surface area (Å²) in [5, 5.41) is 17.9. The molecule has 0 saturated carbocycles. The minimum absolute atomic E-state index is 0.538. The molecule has 1 heterocycles. The number of hydroxylamine groups is 2. The second-order valence-corrected chi connectivity index (χ2v) is 1.19. The highest BCUT2D eigenvalue weighted by Crippen LogP contribution is 1.98. The molecule has 0 amide bonds. The van der Waals surface area contributed by atoms with Crippen molar-refractivity contribution in [2.45, 2.75) is 0 Å². The minimum atomic E-state index is 0.538. The Balaban J connectivity index is 2.20. The molecule has 36 valence electrons. The molecule has 0 atom stereocenters. The molecule has 0 aromatic rings. The van der Waals surface area contributed by atoms with Crippen LogP contribution in [-0.4, -0.2) is 33.8 Å². The Bertz CT molecular complexity index is 49.5. The average molecular weight is 90.1 g/mol. The van der Waals surface area contributed by atoms with Crippen LogP contribution in [0, 0.1) is 0 Å². The van der Waals surface area contributed by atoms with Crippen molar-refractivity contribution < 1.29 is 10.4 Å². The van der Waals surface area contributed by atoms with Crippen LogP contribution in [0.25, 0.3) is 0 Å². The highest BCUT2D eigenvalue weighted by molar-refractivity contribution is 4.48. The van der Waals surface area contributed by atoms with Gasteiger partial charge in [0.2, 0.25) is 0 Å². The van der Waals surface area contributed by atoms with E-state index in [9.17, 15) is 0 Å². The van der Waals surface area contributed by atoms with Gasteiger partial charge in [-0.2, -0.15) is 0 Å². The lowest BCUT2D eigenvalue weighted by atomic mass is 10.6. The first-order valence-corrected chi connectivity index (χ1v) is 1.73. The Morgan fingerprint density at radius 1 is 1.00 bits per heavy atom. The third kappa shape index (κ3) is 0.396. The fraction of sp³-hybridized carbons (Fsp3) is 1.00. The first-order valence-electron chi connectivity index (χ1n) is 1.73. The maximum absolute atomic E-state index is 8.23. The van der Waals surface area contributed by atoms with Crippen LogP contribution in [0.1, 0.15) is 0 Å². The molecule has 0 aliphatic carbocycles. The summed E-state index contributed by atoms with van der Waals surface area (Å²) < 4.78 is 0. The quantitative estimate of drug-likeness (QED) is 0.413. The van der Waals surface area contributed by atoms with Crippen LogP contribution >= 0.6 is 0 Å². The fourth-order valence-electron chi connectivity index (χ4n) is 0.279. The lowest BCUT2D eigenvalue weighted by molar-refractivity contribution is -0.422. The van der Waals surface area contributed by atoms with E-state index >= 15 is 0 Å². The van der Waals surface area contributed by atoms with Crippen LogP contribution in [0.3, 0.4) is 0 Å². The van der Waals surface area contributed by atoms with E-state index in [0.29, 0.717) is 13.1 Å². The molecular formula is C2H6N2O2. The van der Waals surface area contributed by atoms with Crippen LogP contribution in [0.15, 0.2) is 0 Å². The zero-order valence-electron chi connectivity index (χ0n) is 3.20. The van der Waals surface area contributed by atoms with Gasteiger partial charge < -0.3 is 0 Å². The summed E-state index contributed by atoms with van der Waals surface area (Å²) in [5.74, 6) is 0. The number of hydrazine groups is 1. The zero-order chi connectivity index (χ0) is 4.57. The Labute approximate surface area is 35.1 Å². The Kier molecular flexibility index (Phi) is 0.776. The van der Waals surface area contributed by atoms with Crippen molar-refractivity contribution in [2.24, 2.45) is 0 Å². The Morgan fingerprint density at radius 2 is 1.33 bits per heavy atom. The molecular weight excluding hydrogens is 84.0 g/mol. The summed E-state index contributed by atoms with van der Waals surface area (Å²) >= 11 is 0. The lowest BCUT2D eigenvalue weighted by Gasteiger charge is -2.32. The molecule has 1 aliphatic heterocycles. The molecule has 2 N–H and O–H groups in total. The third-order valence-corrected chi connectivity index (χ3v) is 0.766. The highest BCUT2D eigenvalue weighted by Gasteiger charge is 2.19. The van der Waals surface area contributed by atoms with Crippen LogP contribution in [0.4, 0.5) is 0 Å². The molecule has 0 aromatic carbocycles. The predicted molar refractivity (Wildman–Crippen MR) is 17.0 cm³/mol. The molecule has 0 unspecified atom stereocenters. The van der Waals surface area contributed by atoms with Gasteiger partial charge in [-0.3, -0.25) is 10.4 Å². The third-order valence-electron chi connectivity index (χ3n) is 0.766. The van der Waals surface area contributed by atoms with Crippen molar-refractivity contribution in [3.8, 4) is 0 Å². The SMILES string of the molecule is ON1CCN1O. The summed E-state index contributed by atoms with van der Waals surface area (Å²) in [7, 11) is 0. The van der Waals surface area contributed by atoms with E-state index in [4.69, 9.17) is 10.4 Å². The lowest BCUT2D eigenvalue weighted by Crippen LogP contribution is -2.52. The molecule has 0 bridgehead atoms. The zero-order valence-corrected chi connectivity index (χ0v) is 3.20. The van der Waals surface area contributed by atoms with Gasteiger partial charge in [-0.1, -0.05) is 10.3 Å². The summed E-state index contributed by atoms with van der Waals surface area (Å²) in [6.07, 6.45) is 0. The molecule has 1 aliphatic rings. The predicted octanol–water partition coefficient (Wildman–Crippen LogP) is -0.703. The largest absolute Gasteiger partial charge is 0.297 e. The van der Waals surface area contributed by atoms with E-state index in [2.05, 4.69) is 0 Å². The molecule has 0 spiro atoms. The average Bonchev–Trinajstić information content (AvgIpc) is 1.61. The topological polar surface area (TPSA) is 46.9 Å². The summed E-state index contributed by atoms with van der Waals surface area (Å²) in [6, 6.07) is 0. The highest BCUT2D eigenvalue weighted by atomic mass is 16.7. The number of hydrogen-bond acceptors (Lipinski definition) is 4. The molecule has 1 fully saturated rings. The standard InChI is InChI=1S/C2H6N2O2/c5-3-1-2-4(3)6/h5-6H,1-2H2. The van der Waals surface area contributed by atoms with E-state index in [-0.39, 0.29) is 0 Å². The molecule has 0 aromatic heterocycles. The number of rotatable bonds is 0. The van der Waals surface area contributed by atoms with Crippen molar-refractivity contribution in [1.82, 2.24) is 10.3 Å². The molecule has 1 rings (SSSR count). The van der Waals surface area contributed by atoms with Gasteiger partial charge in [0.05, 0.1) is 13.1 Å².